The summed E-state index contributed by atoms with van der Waals surface area (Å²) in [5, 5.41) is 9.87. The minimum absolute atomic E-state index is 0.142. The van der Waals surface area contributed by atoms with E-state index >= 15 is 0 Å². The van der Waals surface area contributed by atoms with Gasteiger partial charge in [-0.1, -0.05) is 23.4 Å². The molecule has 0 aliphatic carbocycles. The summed E-state index contributed by atoms with van der Waals surface area (Å²) >= 11 is 7.38. The third-order valence-corrected chi connectivity index (χ3v) is 3.26. The number of ether oxygens (including phenoxy) is 1. The molecule has 2 aromatic heterocycles. The summed E-state index contributed by atoms with van der Waals surface area (Å²) in [4.78, 5) is 12.5. The Hall–Kier alpha value is -1.84. The summed E-state index contributed by atoms with van der Waals surface area (Å²) in [5.41, 5.74) is 1.37. The maximum atomic E-state index is 9.22. The number of nitriles is 1. The summed E-state index contributed by atoms with van der Waals surface area (Å²) in [6, 6.07) is 3.81. The van der Waals surface area contributed by atoms with Crippen molar-refractivity contribution in [2.24, 2.45) is 0 Å². The van der Waals surface area contributed by atoms with Crippen LogP contribution in [0.2, 0.25) is 5.15 Å². The van der Waals surface area contributed by atoms with Crippen molar-refractivity contribution >= 4 is 23.4 Å². The highest BCUT2D eigenvalue weighted by atomic mass is 35.5. The topological polar surface area (TPSA) is 71.7 Å². The van der Waals surface area contributed by atoms with E-state index in [1.807, 2.05) is 19.2 Å². The molecule has 0 N–H and O–H groups in total. The second-order valence-corrected chi connectivity index (χ2v) is 4.81. The van der Waals surface area contributed by atoms with Gasteiger partial charge in [0, 0.05) is 11.8 Å². The quantitative estimate of drug-likeness (QED) is 0.491. The van der Waals surface area contributed by atoms with Gasteiger partial charge >= 0.3 is 0 Å². The molecule has 0 aromatic carbocycles. The van der Waals surface area contributed by atoms with Crippen molar-refractivity contribution in [2.75, 3.05) is 12.9 Å². The molecule has 102 valence electrons. The Morgan fingerprint density at radius 2 is 2.20 bits per heavy atom. The molecule has 0 aliphatic heterocycles. The second kappa shape index (κ2) is 6.55. The van der Waals surface area contributed by atoms with Crippen molar-refractivity contribution in [2.45, 2.75) is 12.1 Å². The monoisotopic (exact) mass is 306 g/mol. The summed E-state index contributed by atoms with van der Waals surface area (Å²) in [6.07, 6.45) is 5.07. The van der Waals surface area contributed by atoms with Crippen LogP contribution in [0.1, 0.15) is 12.5 Å². The number of nitrogens with zero attached hydrogens (tertiary/aromatic N) is 4. The second-order valence-electron chi connectivity index (χ2n) is 3.68. The average molecular weight is 307 g/mol. The number of rotatable bonds is 4. The van der Waals surface area contributed by atoms with Crippen LogP contribution in [-0.2, 0) is 0 Å². The Labute approximate surface area is 126 Å². The molecule has 2 aromatic rings. The molecule has 0 aliphatic rings. The van der Waals surface area contributed by atoms with Gasteiger partial charge in [-0.25, -0.2) is 9.97 Å². The van der Waals surface area contributed by atoms with Crippen LogP contribution in [-0.4, -0.2) is 27.8 Å². The van der Waals surface area contributed by atoms with Crippen LogP contribution < -0.4 is 4.74 Å². The smallest absolute Gasteiger partial charge is 0.189 e. The van der Waals surface area contributed by atoms with Gasteiger partial charge < -0.3 is 4.74 Å². The number of pyridine rings is 1. The standard InChI is InChI=1S/C13H11ClN4OS/c1-3-19-9-4-8(6-16-7-9)11-10(5-15)12(14)18-13(17-11)20-2/h4,6-7H,3H2,1-2H3. The maximum absolute atomic E-state index is 9.22. The molecule has 0 saturated heterocycles. The number of halogens is 1. The fraction of sp³-hybridized carbons (Fsp3) is 0.231. The molecule has 0 saturated carbocycles. The third kappa shape index (κ3) is 3.00. The van der Waals surface area contributed by atoms with Gasteiger partial charge in [0.1, 0.15) is 17.4 Å². The molecule has 2 rings (SSSR count). The molecule has 20 heavy (non-hydrogen) atoms. The van der Waals surface area contributed by atoms with Crippen LogP contribution in [0.15, 0.2) is 23.6 Å². The zero-order chi connectivity index (χ0) is 14.5. The molecule has 7 heteroatoms. The lowest BCUT2D eigenvalue weighted by molar-refractivity contribution is 0.339. The predicted octanol–water partition coefficient (Wildman–Crippen LogP) is 3.18. The first-order chi connectivity index (χ1) is 9.69. The van der Waals surface area contributed by atoms with Gasteiger partial charge in [0.05, 0.1) is 18.5 Å². The molecule has 0 bridgehead atoms. The number of hydrogen-bond donors (Lipinski definition) is 0. The molecule has 0 spiro atoms. The summed E-state index contributed by atoms with van der Waals surface area (Å²) in [5.74, 6) is 0.620. The van der Waals surface area contributed by atoms with Gasteiger partial charge in [-0.2, -0.15) is 5.26 Å². The van der Waals surface area contributed by atoms with Crippen molar-refractivity contribution in [1.82, 2.24) is 15.0 Å². The van der Waals surface area contributed by atoms with E-state index < -0.39 is 0 Å². The lowest BCUT2D eigenvalue weighted by Gasteiger charge is -2.08. The average Bonchev–Trinajstić information content (AvgIpc) is 2.47. The van der Waals surface area contributed by atoms with E-state index in [4.69, 9.17) is 16.3 Å². The molecule has 0 amide bonds. The Kier molecular flexibility index (Phi) is 4.77. The van der Waals surface area contributed by atoms with Crippen LogP contribution in [0.3, 0.4) is 0 Å². The third-order valence-electron chi connectivity index (χ3n) is 2.44. The largest absolute Gasteiger partial charge is 0.492 e. The minimum Gasteiger partial charge on any atom is -0.492 e. The highest BCUT2D eigenvalue weighted by molar-refractivity contribution is 7.98. The van der Waals surface area contributed by atoms with Crippen LogP contribution in [0.4, 0.5) is 0 Å². The van der Waals surface area contributed by atoms with E-state index in [2.05, 4.69) is 15.0 Å². The van der Waals surface area contributed by atoms with Gasteiger partial charge in [0.15, 0.2) is 10.3 Å². The molecule has 5 nitrogen and oxygen atoms in total. The fourth-order valence-electron chi connectivity index (χ4n) is 1.61. The Morgan fingerprint density at radius 1 is 1.40 bits per heavy atom. The lowest BCUT2D eigenvalue weighted by atomic mass is 10.1. The Bertz CT molecular complexity index is 672. The van der Waals surface area contributed by atoms with E-state index in [9.17, 15) is 5.26 Å². The molecular weight excluding hydrogens is 296 g/mol. The summed E-state index contributed by atoms with van der Waals surface area (Å²) < 4.78 is 5.40. The number of thioether (sulfide) groups is 1. The predicted molar refractivity (Wildman–Crippen MR) is 77.9 cm³/mol. The molecule has 0 radical (unpaired) electrons. The molecule has 0 atom stereocenters. The van der Waals surface area contributed by atoms with Gasteiger partial charge in [-0.05, 0) is 19.2 Å². The van der Waals surface area contributed by atoms with Gasteiger partial charge in [0.25, 0.3) is 0 Å². The Morgan fingerprint density at radius 3 is 2.85 bits per heavy atom. The first kappa shape index (κ1) is 14.6. The van der Waals surface area contributed by atoms with E-state index in [0.717, 1.165) is 0 Å². The first-order valence-corrected chi connectivity index (χ1v) is 7.39. The van der Waals surface area contributed by atoms with E-state index in [1.54, 1.807) is 18.5 Å². The van der Waals surface area contributed by atoms with Crippen LogP contribution in [0.25, 0.3) is 11.3 Å². The Balaban J connectivity index is 2.59. The number of hydrogen-bond acceptors (Lipinski definition) is 6. The van der Waals surface area contributed by atoms with Crippen molar-refractivity contribution in [3.05, 3.63) is 29.2 Å². The van der Waals surface area contributed by atoms with Crippen molar-refractivity contribution in [3.8, 4) is 23.1 Å². The van der Waals surface area contributed by atoms with Crippen molar-refractivity contribution in [1.29, 1.82) is 5.26 Å². The normalized spacial score (nSPS) is 10.1. The first-order valence-electron chi connectivity index (χ1n) is 5.79. The molecule has 2 heterocycles. The zero-order valence-electron chi connectivity index (χ0n) is 10.9. The van der Waals surface area contributed by atoms with E-state index in [0.29, 0.717) is 28.8 Å². The highest BCUT2D eigenvalue weighted by Gasteiger charge is 2.15. The fourth-order valence-corrected chi connectivity index (χ4v) is 2.23. The van der Waals surface area contributed by atoms with Gasteiger partial charge in [-0.3, -0.25) is 4.98 Å². The molecule has 0 unspecified atom stereocenters. The van der Waals surface area contributed by atoms with Crippen molar-refractivity contribution in [3.63, 3.8) is 0 Å². The number of aromatic nitrogens is 3. The van der Waals surface area contributed by atoms with Crippen LogP contribution in [0.5, 0.6) is 5.75 Å². The van der Waals surface area contributed by atoms with Crippen LogP contribution in [0, 0.1) is 11.3 Å². The summed E-state index contributed by atoms with van der Waals surface area (Å²) in [6.45, 7) is 2.43. The lowest BCUT2D eigenvalue weighted by Crippen LogP contribution is -1.98. The minimum atomic E-state index is 0.142. The summed E-state index contributed by atoms with van der Waals surface area (Å²) in [7, 11) is 0. The van der Waals surface area contributed by atoms with Crippen LogP contribution >= 0.6 is 23.4 Å². The molecule has 0 fully saturated rings. The highest BCUT2D eigenvalue weighted by Crippen LogP contribution is 2.29. The zero-order valence-corrected chi connectivity index (χ0v) is 12.5. The van der Waals surface area contributed by atoms with Crippen molar-refractivity contribution < 1.29 is 4.74 Å². The molecular formula is C13H11ClN4OS. The van der Waals surface area contributed by atoms with Gasteiger partial charge in [0.2, 0.25) is 0 Å². The maximum Gasteiger partial charge on any atom is 0.189 e. The van der Waals surface area contributed by atoms with E-state index in [-0.39, 0.29) is 10.7 Å². The SMILES string of the molecule is CCOc1cncc(-c2nc(SC)nc(Cl)c2C#N)c1. The van der Waals surface area contributed by atoms with Gasteiger partial charge in [-0.15, -0.1) is 0 Å². The van der Waals surface area contributed by atoms with E-state index in [1.165, 1.54) is 11.8 Å².